The Balaban J connectivity index is 2.67. The van der Waals surface area contributed by atoms with Crippen LogP contribution < -0.4 is 0 Å². The summed E-state index contributed by atoms with van der Waals surface area (Å²) in [5.41, 5.74) is 0. The number of nitriles is 1. The van der Waals surface area contributed by atoms with Gasteiger partial charge in [0, 0.05) is 26.1 Å². The third-order valence-corrected chi connectivity index (χ3v) is 2.76. The van der Waals surface area contributed by atoms with Gasteiger partial charge in [-0.05, 0) is 11.8 Å². The molecule has 0 aliphatic heterocycles. The molecule has 1 heterocycles. The van der Waals surface area contributed by atoms with Crippen molar-refractivity contribution in [3.8, 4) is 6.07 Å². The molecule has 19 heavy (non-hydrogen) atoms. The second kappa shape index (κ2) is 7.90. The van der Waals surface area contributed by atoms with Crippen LogP contribution in [0.15, 0.2) is 6.33 Å². The first kappa shape index (κ1) is 15.6. The van der Waals surface area contributed by atoms with Crippen molar-refractivity contribution in [2.24, 2.45) is 11.8 Å². The molecule has 0 atom stereocenters. The van der Waals surface area contributed by atoms with Gasteiger partial charge in [-0.1, -0.05) is 27.7 Å². The van der Waals surface area contributed by atoms with Crippen molar-refractivity contribution in [3.05, 3.63) is 12.2 Å². The Kier molecular flexibility index (Phi) is 6.51. The first-order valence-corrected chi connectivity index (χ1v) is 6.99. The lowest BCUT2D eigenvalue weighted by Gasteiger charge is -2.23. The van der Waals surface area contributed by atoms with E-state index in [1.807, 2.05) is 4.68 Å². The molecular weight excluding hydrogens is 238 g/mol. The predicted molar refractivity (Wildman–Crippen MR) is 75.2 cm³/mol. The van der Waals surface area contributed by atoms with Gasteiger partial charge in [0.25, 0.3) is 0 Å². The molecule has 0 amide bonds. The van der Waals surface area contributed by atoms with Crippen LogP contribution in [0.2, 0.25) is 0 Å². The minimum absolute atomic E-state index is 0.554. The second-order valence-electron chi connectivity index (χ2n) is 5.79. The van der Waals surface area contributed by atoms with Crippen molar-refractivity contribution >= 4 is 0 Å². The molecule has 1 aromatic rings. The lowest BCUT2D eigenvalue weighted by Crippen LogP contribution is -2.30. The third-order valence-electron chi connectivity index (χ3n) is 2.76. The van der Waals surface area contributed by atoms with Gasteiger partial charge in [0.1, 0.15) is 12.2 Å². The van der Waals surface area contributed by atoms with E-state index in [9.17, 15) is 0 Å². The molecule has 106 valence electrons. The first-order valence-electron chi connectivity index (χ1n) is 6.99. The van der Waals surface area contributed by atoms with E-state index in [0.29, 0.717) is 18.3 Å². The highest BCUT2D eigenvalue weighted by Gasteiger charge is 2.13. The molecular formula is C14H25N5. The average Bonchev–Trinajstić information content (AvgIpc) is 2.72. The Morgan fingerprint density at radius 2 is 2.05 bits per heavy atom. The highest BCUT2D eigenvalue weighted by molar-refractivity contribution is 4.86. The van der Waals surface area contributed by atoms with Gasteiger partial charge in [-0.2, -0.15) is 10.4 Å². The first-order chi connectivity index (χ1) is 9.02. The van der Waals surface area contributed by atoms with Crippen LogP contribution in [0.4, 0.5) is 0 Å². The highest BCUT2D eigenvalue weighted by Crippen LogP contribution is 2.08. The van der Waals surface area contributed by atoms with Crippen molar-refractivity contribution in [3.63, 3.8) is 0 Å². The maximum atomic E-state index is 8.74. The quantitative estimate of drug-likeness (QED) is 0.722. The Hall–Kier alpha value is -1.41. The van der Waals surface area contributed by atoms with E-state index >= 15 is 0 Å². The molecule has 0 unspecified atom stereocenters. The maximum absolute atomic E-state index is 8.74. The average molecular weight is 263 g/mol. The van der Waals surface area contributed by atoms with E-state index in [-0.39, 0.29) is 0 Å². The molecule has 0 aliphatic carbocycles. The molecule has 1 rings (SSSR count). The van der Waals surface area contributed by atoms with E-state index in [2.05, 4.69) is 48.7 Å². The van der Waals surface area contributed by atoms with E-state index in [1.54, 1.807) is 6.33 Å². The molecule has 0 N–H and O–H groups in total. The Morgan fingerprint density at radius 1 is 1.32 bits per heavy atom. The van der Waals surface area contributed by atoms with E-state index in [4.69, 9.17) is 5.26 Å². The second-order valence-corrected chi connectivity index (χ2v) is 5.79. The summed E-state index contributed by atoms with van der Waals surface area (Å²) >= 11 is 0. The molecule has 5 heteroatoms. The highest BCUT2D eigenvalue weighted by atomic mass is 15.3. The van der Waals surface area contributed by atoms with Crippen molar-refractivity contribution in [2.45, 2.75) is 47.2 Å². The molecule has 0 saturated heterocycles. The van der Waals surface area contributed by atoms with Crippen molar-refractivity contribution in [1.82, 2.24) is 19.7 Å². The summed E-state index contributed by atoms with van der Waals surface area (Å²) in [6, 6.07) is 2.21. The normalized spacial score (nSPS) is 11.5. The molecule has 0 aliphatic rings. The van der Waals surface area contributed by atoms with Crippen molar-refractivity contribution in [1.29, 1.82) is 5.26 Å². The maximum Gasteiger partial charge on any atom is 0.141 e. The predicted octanol–water partition coefficient (Wildman–Crippen LogP) is 2.31. The zero-order valence-corrected chi connectivity index (χ0v) is 12.5. The lowest BCUT2D eigenvalue weighted by molar-refractivity contribution is 0.230. The number of hydrogen-bond donors (Lipinski definition) is 0. The number of hydrogen-bond acceptors (Lipinski definition) is 4. The molecule has 5 nitrogen and oxygen atoms in total. The topological polar surface area (TPSA) is 57.7 Å². The van der Waals surface area contributed by atoms with Crippen LogP contribution in [-0.4, -0.2) is 32.8 Å². The van der Waals surface area contributed by atoms with Gasteiger partial charge in [-0.15, -0.1) is 0 Å². The molecule has 0 radical (unpaired) electrons. The molecule has 0 aromatic carbocycles. The van der Waals surface area contributed by atoms with Crippen LogP contribution in [0, 0.1) is 23.2 Å². The number of aromatic nitrogens is 3. The summed E-state index contributed by atoms with van der Waals surface area (Å²) in [5, 5.41) is 13.0. The third kappa shape index (κ3) is 5.84. The van der Waals surface area contributed by atoms with E-state index < -0.39 is 0 Å². The van der Waals surface area contributed by atoms with Gasteiger partial charge in [0.05, 0.1) is 12.6 Å². The van der Waals surface area contributed by atoms with Crippen LogP contribution in [0.1, 0.15) is 39.9 Å². The summed E-state index contributed by atoms with van der Waals surface area (Å²) in [7, 11) is 0. The summed E-state index contributed by atoms with van der Waals surface area (Å²) in [6.07, 6.45) is 2.18. The van der Waals surface area contributed by atoms with Crippen LogP contribution in [-0.2, 0) is 13.1 Å². The minimum Gasteiger partial charge on any atom is -0.295 e. The number of nitrogens with zero attached hydrogens (tertiary/aromatic N) is 5. The summed E-state index contributed by atoms with van der Waals surface area (Å²) in [5.74, 6) is 2.13. The largest absolute Gasteiger partial charge is 0.295 e. The molecule has 1 aromatic heterocycles. The summed E-state index contributed by atoms with van der Waals surface area (Å²) in [6.45, 7) is 12.2. The van der Waals surface area contributed by atoms with E-state index in [1.165, 1.54) is 0 Å². The monoisotopic (exact) mass is 263 g/mol. The Bertz CT molecular complexity index is 402. The van der Waals surface area contributed by atoms with Crippen LogP contribution in [0.25, 0.3) is 0 Å². The van der Waals surface area contributed by atoms with Crippen LogP contribution >= 0.6 is 0 Å². The fraction of sp³-hybridized carbons (Fsp3) is 0.786. The fourth-order valence-corrected chi connectivity index (χ4v) is 2.07. The van der Waals surface area contributed by atoms with E-state index in [0.717, 1.165) is 32.0 Å². The van der Waals surface area contributed by atoms with Gasteiger partial charge in [0.2, 0.25) is 0 Å². The standard InChI is InChI=1S/C14H25N5/c1-12(2)8-18(7-5-6-15)10-14-16-11-17-19(14)9-13(3)4/h11-13H,5,7-10H2,1-4H3. The van der Waals surface area contributed by atoms with Crippen molar-refractivity contribution < 1.29 is 0 Å². The van der Waals surface area contributed by atoms with Gasteiger partial charge in [-0.25, -0.2) is 9.67 Å². The van der Waals surface area contributed by atoms with Gasteiger partial charge >= 0.3 is 0 Å². The molecule has 0 fully saturated rings. The molecule has 0 spiro atoms. The molecule has 0 saturated carbocycles. The smallest absolute Gasteiger partial charge is 0.141 e. The van der Waals surface area contributed by atoms with Gasteiger partial charge in [-0.3, -0.25) is 4.90 Å². The van der Waals surface area contributed by atoms with Crippen LogP contribution in [0.3, 0.4) is 0 Å². The lowest BCUT2D eigenvalue weighted by atomic mass is 10.2. The Labute approximate surface area is 116 Å². The van der Waals surface area contributed by atoms with Crippen LogP contribution in [0.5, 0.6) is 0 Å². The number of rotatable bonds is 8. The minimum atomic E-state index is 0.554. The zero-order valence-electron chi connectivity index (χ0n) is 12.5. The fourth-order valence-electron chi connectivity index (χ4n) is 2.07. The molecule has 0 bridgehead atoms. The van der Waals surface area contributed by atoms with Gasteiger partial charge < -0.3 is 0 Å². The summed E-state index contributed by atoms with van der Waals surface area (Å²) in [4.78, 5) is 6.64. The van der Waals surface area contributed by atoms with Crippen molar-refractivity contribution in [2.75, 3.05) is 13.1 Å². The van der Waals surface area contributed by atoms with Gasteiger partial charge in [0.15, 0.2) is 0 Å². The zero-order chi connectivity index (χ0) is 14.3. The SMILES string of the molecule is CC(C)CN(CCC#N)Cc1ncnn1CC(C)C. The Morgan fingerprint density at radius 3 is 2.63 bits per heavy atom. The summed E-state index contributed by atoms with van der Waals surface area (Å²) < 4.78 is 1.98.